The van der Waals surface area contributed by atoms with E-state index in [0.717, 1.165) is 23.5 Å². The molecule has 0 unspecified atom stereocenters. The molecule has 0 aliphatic rings. The van der Waals surface area contributed by atoms with Crippen molar-refractivity contribution in [1.82, 2.24) is 15.6 Å². The van der Waals surface area contributed by atoms with Crippen molar-refractivity contribution >= 4 is 34.8 Å². The van der Waals surface area contributed by atoms with Crippen molar-refractivity contribution in [3.8, 4) is 0 Å². The maximum Gasteiger partial charge on any atom is 0.264 e. The van der Waals surface area contributed by atoms with Crippen molar-refractivity contribution in [3.63, 3.8) is 0 Å². The molecular formula is C13H10ClF2N3O2S. The summed E-state index contributed by atoms with van der Waals surface area (Å²) in [7, 11) is 0. The largest absolute Gasteiger partial charge is 0.350 e. The van der Waals surface area contributed by atoms with E-state index in [1.807, 2.05) is 0 Å². The number of benzene rings is 1. The predicted octanol–water partition coefficient (Wildman–Crippen LogP) is 2.23. The van der Waals surface area contributed by atoms with Crippen LogP contribution in [-0.2, 0) is 0 Å². The Labute approximate surface area is 133 Å². The molecular weight excluding hydrogens is 336 g/mol. The molecule has 0 bridgehead atoms. The number of hydrogen-bond acceptors (Lipinski definition) is 4. The Morgan fingerprint density at radius 1 is 1.18 bits per heavy atom. The number of carbonyl (C=O) groups excluding carboxylic acids is 2. The van der Waals surface area contributed by atoms with Gasteiger partial charge in [0.05, 0.1) is 11.1 Å². The van der Waals surface area contributed by atoms with E-state index in [1.54, 1.807) is 0 Å². The topological polar surface area (TPSA) is 71.1 Å². The van der Waals surface area contributed by atoms with Gasteiger partial charge in [-0.3, -0.25) is 9.59 Å². The molecule has 9 heteroatoms. The fraction of sp³-hybridized carbons (Fsp3) is 0.154. The minimum Gasteiger partial charge on any atom is -0.350 e. The highest BCUT2D eigenvalue weighted by molar-refractivity contribution is 7.12. The van der Waals surface area contributed by atoms with Crippen molar-refractivity contribution in [1.29, 1.82) is 0 Å². The Hall–Kier alpha value is -2.06. The predicted molar refractivity (Wildman–Crippen MR) is 78.1 cm³/mol. The molecule has 5 nitrogen and oxygen atoms in total. The average molecular weight is 346 g/mol. The normalized spacial score (nSPS) is 10.3. The van der Waals surface area contributed by atoms with Gasteiger partial charge < -0.3 is 10.6 Å². The van der Waals surface area contributed by atoms with E-state index in [-0.39, 0.29) is 28.7 Å². The van der Waals surface area contributed by atoms with Gasteiger partial charge in [0.1, 0.15) is 16.5 Å². The second-order valence-electron chi connectivity index (χ2n) is 4.11. The summed E-state index contributed by atoms with van der Waals surface area (Å²) in [6, 6.07) is 2.67. The van der Waals surface area contributed by atoms with E-state index in [0.29, 0.717) is 6.07 Å². The molecule has 0 saturated carbocycles. The number of nitrogens with zero attached hydrogens (tertiary/aromatic N) is 1. The second-order valence-corrected chi connectivity index (χ2v) is 5.32. The molecule has 0 aliphatic heterocycles. The number of carbonyl (C=O) groups is 2. The summed E-state index contributed by atoms with van der Waals surface area (Å²) in [5.74, 6) is -2.81. The van der Waals surface area contributed by atoms with Gasteiger partial charge in [0, 0.05) is 19.2 Å². The molecule has 116 valence electrons. The quantitative estimate of drug-likeness (QED) is 0.816. The zero-order valence-electron chi connectivity index (χ0n) is 11.0. The maximum absolute atomic E-state index is 13.4. The molecule has 0 fully saturated rings. The van der Waals surface area contributed by atoms with Gasteiger partial charge in [-0.15, -0.1) is 11.3 Å². The molecule has 2 aromatic rings. The lowest BCUT2D eigenvalue weighted by molar-refractivity contribution is 0.0927. The third-order valence-corrected chi connectivity index (χ3v) is 3.83. The Morgan fingerprint density at radius 3 is 2.45 bits per heavy atom. The summed E-state index contributed by atoms with van der Waals surface area (Å²) in [6.45, 7) is 0.208. The van der Waals surface area contributed by atoms with Crippen LogP contribution >= 0.6 is 22.9 Å². The van der Waals surface area contributed by atoms with Gasteiger partial charge in [-0.05, 0) is 12.1 Å². The highest BCUT2D eigenvalue weighted by Gasteiger charge is 2.14. The van der Waals surface area contributed by atoms with Gasteiger partial charge in [0.15, 0.2) is 5.15 Å². The maximum atomic E-state index is 13.4. The molecule has 0 aliphatic carbocycles. The number of halogens is 3. The molecule has 2 rings (SSSR count). The van der Waals surface area contributed by atoms with Crippen LogP contribution in [-0.4, -0.2) is 29.9 Å². The molecule has 22 heavy (non-hydrogen) atoms. The lowest BCUT2D eigenvalue weighted by atomic mass is 10.2. The van der Waals surface area contributed by atoms with E-state index in [2.05, 4.69) is 15.6 Å². The fourth-order valence-corrected chi connectivity index (χ4v) is 2.50. The zero-order valence-corrected chi connectivity index (χ0v) is 12.6. The summed E-state index contributed by atoms with van der Waals surface area (Å²) in [5, 5.41) is 5.06. The van der Waals surface area contributed by atoms with Crippen molar-refractivity contribution in [2.45, 2.75) is 0 Å². The van der Waals surface area contributed by atoms with Crippen molar-refractivity contribution in [2.75, 3.05) is 13.1 Å². The Kier molecular flexibility index (Phi) is 5.40. The number of thiazole rings is 1. The standard InChI is InChI=1S/C13H10ClF2N3O2S/c14-11-10(22-6-19-11)13(21)18-4-3-17-12(20)8-2-1-7(15)5-9(8)16/h1-2,5-6H,3-4H2,(H,17,20)(H,18,21). The summed E-state index contributed by atoms with van der Waals surface area (Å²) in [4.78, 5) is 27.4. The van der Waals surface area contributed by atoms with Crippen LogP contribution in [0.5, 0.6) is 0 Å². The van der Waals surface area contributed by atoms with Crippen molar-refractivity contribution < 1.29 is 18.4 Å². The minimum atomic E-state index is -0.946. The van der Waals surface area contributed by atoms with Gasteiger partial charge in [-0.1, -0.05) is 11.6 Å². The number of rotatable bonds is 5. The number of amides is 2. The molecule has 1 heterocycles. The highest BCUT2D eigenvalue weighted by Crippen LogP contribution is 2.17. The van der Waals surface area contributed by atoms with E-state index < -0.39 is 23.4 Å². The monoisotopic (exact) mass is 345 g/mol. The van der Waals surface area contributed by atoms with E-state index in [9.17, 15) is 18.4 Å². The molecule has 2 N–H and O–H groups in total. The average Bonchev–Trinajstić information content (AvgIpc) is 2.89. The van der Waals surface area contributed by atoms with Gasteiger partial charge in [0.25, 0.3) is 11.8 Å². The smallest absolute Gasteiger partial charge is 0.264 e. The zero-order chi connectivity index (χ0) is 16.1. The molecule has 0 radical (unpaired) electrons. The van der Waals surface area contributed by atoms with Crippen LogP contribution in [0.3, 0.4) is 0 Å². The Morgan fingerprint density at radius 2 is 1.86 bits per heavy atom. The number of aromatic nitrogens is 1. The first kappa shape index (κ1) is 16.3. The third-order valence-electron chi connectivity index (χ3n) is 2.60. The van der Waals surface area contributed by atoms with Gasteiger partial charge in [0.2, 0.25) is 0 Å². The molecule has 0 atom stereocenters. The molecule has 1 aromatic heterocycles. The van der Waals surface area contributed by atoms with E-state index in [1.165, 1.54) is 5.51 Å². The van der Waals surface area contributed by atoms with Crippen LogP contribution in [0.15, 0.2) is 23.7 Å². The minimum absolute atomic E-state index is 0.0812. The summed E-state index contributed by atoms with van der Waals surface area (Å²) < 4.78 is 26.1. The summed E-state index contributed by atoms with van der Waals surface area (Å²) in [6.07, 6.45) is 0. The van der Waals surface area contributed by atoms with Gasteiger partial charge in [-0.2, -0.15) is 0 Å². The lowest BCUT2D eigenvalue weighted by Gasteiger charge is -2.07. The Balaban J connectivity index is 1.80. The van der Waals surface area contributed by atoms with E-state index >= 15 is 0 Å². The van der Waals surface area contributed by atoms with Crippen LogP contribution in [0.4, 0.5) is 8.78 Å². The first-order valence-corrected chi connectivity index (χ1v) is 7.35. The Bertz CT molecular complexity index is 708. The fourth-order valence-electron chi connectivity index (χ4n) is 1.58. The summed E-state index contributed by atoms with van der Waals surface area (Å²) in [5.41, 5.74) is 1.18. The molecule has 0 spiro atoms. The van der Waals surface area contributed by atoms with Gasteiger partial charge >= 0.3 is 0 Å². The second kappa shape index (κ2) is 7.28. The molecule has 0 saturated heterocycles. The van der Waals surface area contributed by atoms with E-state index in [4.69, 9.17) is 11.6 Å². The lowest BCUT2D eigenvalue weighted by Crippen LogP contribution is -2.34. The first-order valence-electron chi connectivity index (χ1n) is 6.09. The molecule has 1 aromatic carbocycles. The van der Waals surface area contributed by atoms with Crippen molar-refractivity contribution in [2.24, 2.45) is 0 Å². The van der Waals surface area contributed by atoms with Crippen LogP contribution < -0.4 is 10.6 Å². The highest BCUT2D eigenvalue weighted by atomic mass is 35.5. The third kappa shape index (κ3) is 3.99. The van der Waals surface area contributed by atoms with Crippen LogP contribution in [0.25, 0.3) is 0 Å². The number of nitrogens with one attached hydrogen (secondary N) is 2. The SMILES string of the molecule is O=C(NCCNC(=O)c1scnc1Cl)c1ccc(F)cc1F. The number of hydrogen-bond donors (Lipinski definition) is 2. The summed E-state index contributed by atoms with van der Waals surface area (Å²) >= 11 is 6.80. The first-order chi connectivity index (χ1) is 10.5. The van der Waals surface area contributed by atoms with Crippen LogP contribution in [0.1, 0.15) is 20.0 Å². The van der Waals surface area contributed by atoms with Crippen LogP contribution in [0, 0.1) is 11.6 Å². The van der Waals surface area contributed by atoms with Gasteiger partial charge in [-0.25, -0.2) is 13.8 Å². The molecule has 2 amide bonds. The van der Waals surface area contributed by atoms with Crippen molar-refractivity contribution in [3.05, 3.63) is 50.9 Å². The van der Waals surface area contributed by atoms with Crippen LogP contribution in [0.2, 0.25) is 5.15 Å².